The Balaban J connectivity index is 1.50. The summed E-state index contributed by atoms with van der Waals surface area (Å²) in [6.07, 6.45) is -0.511. The average molecular weight is 639 g/mol. The number of halogens is 5. The van der Waals surface area contributed by atoms with Gasteiger partial charge in [-0.3, -0.25) is 9.59 Å². The molecule has 0 aliphatic heterocycles. The first-order chi connectivity index (χ1) is 19.0. The summed E-state index contributed by atoms with van der Waals surface area (Å²) in [7, 11) is 0. The highest BCUT2D eigenvalue weighted by molar-refractivity contribution is 9.10. The van der Waals surface area contributed by atoms with Crippen LogP contribution in [0.1, 0.15) is 57.2 Å². The van der Waals surface area contributed by atoms with Crippen LogP contribution in [0, 0.1) is 6.92 Å². The fourth-order valence-electron chi connectivity index (χ4n) is 4.01. The summed E-state index contributed by atoms with van der Waals surface area (Å²) in [5.41, 5.74) is 1.27. The minimum atomic E-state index is -4.77. The van der Waals surface area contributed by atoms with Crippen molar-refractivity contribution in [3.63, 3.8) is 0 Å². The van der Waals surface area contributed by atoms with Crippen LogP contribution in [-0.2, 0) is 12.7 Å². The highest BCUT2D eigenvalue weighted by Crippen LogP contribution is 2.29. The number of tetrazole rings is 1. The van der Waals surface area contributed by atoms with E-state index in [-0.39, 0.29) is 46.3 Å². The van der Waals surface area contributed by atoms with Gasteiger partial charge in [0.1, 0.15) is 12.2 Å². The fraction of sp³-hybridized carbons (Fsp3) is 0.292. The predicted molar refractivity (Wildman–Crippen MR) is 140 cm³/mol. The third kappa shape index (κ3) is 5.84. The molecular formula is C24H20BrClF3N9O2. The molecule has 0 radical (unpaired) electrons. The van der Waals surface area contributed by atoms with Gasteiger partial charge >= 0.3 is 6.18 Å². The topological polar surface area (TPSA) is 133 Å². The Bertz CT molecular complexity index is 1600. The van der Waals surface area contributed by atoms with Crippen molar-refractivity contribution in [3.05, 3.63) is 74.4 Å². The number of nitrogens with zero attached hydrogens (tertiary/aromatic N) is 7. The summed E-state index contributed by atoms with van der Waals surface area (Å²) in [6, 6.07) is 7.93. The monoisotopic (exact) mass is 637 g/mol. The highest BCUT2D eigenvalue weighted by Gasteiger charge is 2.37. The second kappa shape index (κ2) is 11.0. The van der Waals surface area contributed by atoms with Gasteiger partial charge in [0.05, 0.1) is 22.0 Å². The summed E-state index contributed by atoms with van der Waals surface area (Å²) in [5, 5.41) is 20.0. The molecule has 2 amide bonds. The predicted octanol–water partition coefficient (Wildman–Crippen LogP) is 4.58. The van der Waals surface area contributed by atoms with E-state index in [1.165, 1.54) is 12.3 Å². The molecule has 0 saturated heterocycles. The van der Waals surface area contributed by atoms with Crippen molar-refractivity contribution in [2.45, 2.75) is 44.9 Å². The Morgan fingerprint density at radius 1 is 1.18 bits per heavy atom. The zero-order valence-electron chi connectivity index (χ0n) is 20.7. The Morgan fingerprint density at radius 3 is 2.60 bits per heavy atom. The van der Waals surface area contributed by atoms with Crippen LogP contribution in [0.25, 0.3) is 5.82 Å². The molecule has 0 unspecified atom stereocenters. The Hall–Kier alpha value is -3.85. The molecule has 0 atom stereocenters. The third-order valence-electron chi connectivity index (χ3n) is 6.17. The van der Waals surface area contributed by atoms with E-state index in [0.29, 0.717) is 20.5 Å². The van der Waals surface area contributed by atoms with Gasteiger partial charge in [-0.1, -0.05) is 27.5 Å². The smallest absolute Gasteiger partial charge is 0.349 e. The van der Waals surface area contributed by atoms with Crippen LogP contribution < -0.4 is 10.6 Å². The van der Waals surface area contributed by atoms with Crippen molar-refractivity contribution in [2.75, 3.05) is 5.32 Å². The van der Waals surface area contributed by atoms with Crippen LogP contribution in [0.5, 0.6) is 0 Å². The number of hydrogen-bond donors (Lipinski definition) is 2. The molecule has 5 rings (SSSR count). The van der Waals surface area contributed by atoms with Crippen LogP contribution in [0.3, 0.4) is 0 Å². The van der Waals surface area contributed by atoms with Gasteiger partial charge in [0, 0.05) is 16.7 Å². The maximum atomic E-state index is 13.6. The maximum Gasteiger partial charge on any atom is 0.455 e. The van der Waals surface area contributed by atoms with E-state index in [4.69, 9.17) is 11.6 Å². The van der Waals surface area contributed by atoms with E-state index in [9.17, 15) is 22.8 Å². The molecular weight excluding hydrogens is 619 g/mol. The lowest BCUT2D eigenvalue weighted by atomic mass is 9.92. The zero-order chi connectivity index (χ0) is 28.6. The van der Waals surface area contributed by atoms with Crippen LogP contribution in [0.2, 0.25) is 5.02 Å². The van der Waals surface area contributed by atoms with Crippen LogP contribution in [-0.4, -0.2) is 52.8 Å². The Morgan fingerprint density at radius 2 is 1.95 bits per heavy atom. The minimum absolute atomic E-state index is 0.0422. The van der Waals surface area contributed by atoms with Gasteiger partial charge in [-0.2, -0.15) is 23.1 Å². The quantitative estimate of drug-likeness (QED) is 0.303. The standard InChI is InChI=1S/C24H20BrClF3N9O2/c1-12-8-13(25)9-16(21(39)31-14-4-2-5-14)19(12)32-22(40)18-10-15(11-37-35-23(33-36-37)24(27,28)29)34-38(18)20-17(26)6-3-7-30-20/h3,6-10,14H,2,4-5,11H2,1H3,(H,31,39)(H,32,40). The molecule has 40 heavy (non-hydrogen) atoms. The molecule has 208 valence electrons. The summed E-state index contributed by atoms with van der Waals surface area (Å²) in [4.78, 5) is 31.6. The number of carbonyl (C=O) groups excluding carboxylic acids is 2. The zero-order valence-corrected chi connectivity index (χ0v) is 23.0. The number of hydrogen-bond acceptors (Lipinski definition) is 7. The lowest BCUT2D eigenvalue weighted by Gasteiger charge is -2.27. The van der Waals surface area contributed by atoms with Crippen molar-refractivity contribution < 1.29 is 22.8 Å². The highest BCUT2D eigenvalue weighted by atomic mass is 79.9. The molecule has 3 aromatic heterocycles. The van der Waals surface area contributed by atoms with E-state index in [1.54, 1.807) is 31.2 Å². The first-order valence-corrected chi connectivity index (χ1v) is 13.1. The molecule has 0 spiro atoms. The number of amides is 2. The molecule has 1 fully saturated rings. The number of nitrogens with one attached hydrogen (secondary N) is 2. The summed E-state index contributed by atoms with van der Waals surface area (Å²) >= 11 is 9.72. The van der Waals surface area contributed by atoms with Crippen molar-refractivity contribution in [1.82, 2.24) is 40.3 Å². The first kappa shape index (κ1) is 27.7. The summed E-state index contributed by atoms with van der Waals surface area (Å²) < 4.78 is 40.6. The molecule has 4 aromatic rings. The Labute approximate surface area is 238 Å². The van der Waals surface area contributed by atoms with E-state index in [2.05, 4.69) is 52.1 Å². The van der Waals surface area contributed by atoms with E-state index < -0.39 is 17.9 Å². The molecule has 2 N–H and O–H groups in total. The maximum absolute atomic E-state index is 13.6. The Kier molecular flexibility index (Phi) is 7.59. The SMILES string of the molecule is Cc1cc(Br)cc(C(=O)NC2CCC2)c1NC(=O)c1cc(Cn2nnc(C(F)(F)F)n2)nn1-c1ncccc1Cl. The number of alkyl halides is 3. The van der Waals surface area contributed by atoms with Gasteiger partial charge in [-0.05, 0) is 67.3 Å². The average Bonchev–Trinajstić information content (AvgIpc) is 3.51. The number of aromatic nitrogens is 7. The molecule has 3 heterocycles. The largest absolute Gasteiger partial charge is 0.455 e. The molecule has 1 aliphatic rings. The lowest BCUT2D eigenvalue weighted by molar-refractivity contribution is -0.145. The van der Waals surface area contributed by atoms with Gasteiger partial charge in [0.15, 0.2) is 5.82 Å². The van der Waals surface area contributed by atoms with E-state index >= 15 is 0 Å². The summed E-state index contributed by atoms with van der Waals surface area (Å²) in [5.74, 6) is -2.29. The van der Waals surface area contributed by atoms with Crippen LogP contribution >= 0.6 is 27.5 Å². The second-order valence-corrected chi connectivity index (χ2v) is 10.4. The normalized spacial score (nSPS) is 13.7. The van der Waals surface area contributed by atoms with Gasteiger partial charge in [0.25, 0.3) is 17.6 Å². The van der Waals surface area contributed by atoms with Crippen molar-refractivity contribution >= 4 is 45.0 Å². The molecule has 1 aromatic carbocycles. The molecule has 1 aliphatic carbocycles. The number of pyridine rings is 1. The third-order valence-corrected chi connectivity index (χ3v) is 6.92. The minimum Gasteiger partial charge on any atom is -0.349 e. The van der Waals surface area contributed by atoms with Gasteiger partial charge in [-0.25, -0.2) is 9.67 Å². The van der Waals surface area contributed by atoms with Crippen molar-refractivity contribution in [1.29, 1.82) is 0 Å². The fourth-order valence-corrected chi connectivity index (χ4v) is 4.79. The molecule has 16 heteroatoms. The number of aryl methyl sites for hydroxylation is 1. The summed E-state index contributed by atoms with van der Waals surface area (Å²) in [6.45, 7) is 1.42. The van der Waals surface area contributed by atoms with Crippen molar-refractivity contribution in [2.24, 2.45) is 0 Å². The van der Waals surface area contributed by atoms with Gasteiger partial charge in [-0.15, -0.1) is 10.2 Å². The molecule has 0 bridgehead atoms. The van der Waals surface area contributed by atoms with E-state index in [0.717, 1.165) is 23.9 Å². The van der Waals surface area contributed by atoms with Gasteiger partial charge in [0.2, 0.25) is 0 Å². The second-order valence-electron chi connectivity index (χ2n) is 9.08. The number of anilines is 1. The molecule has 1 saturated carbocycles. The number of benzene rings is 1. The lowest BCUT2D eigenvalue weighted by Crippen LogP contribution is -2.39. The number of carbonyl (C=O) groups is 2. The number of rotatable bonds is 7. The van der Waals surface area contributed by atoms with Gasteiger partial charge < -0.3 is 10.6 Å². The van der Waals surface area contributed by atoms with E-state index in [1.807, 2.05) is 0 Å². The first-order valence-electron chi connectivity index (χ1n) is 12.0. The van der Waals surface area contributed by atoms with Crippen LogP contribution in [0.15, 0.2) is 41.0 Å². The van der Waals surface area contributed by atoms with Crippen molar-refractivity contribution in [3.8, 4) is 5.82 Å². The molecule has 11 nitrogen and oxygen atoms in total. The van der Waals surface area contributed by atoms with Crippen LogP contribution in [0.4, 0.5) is 18.9 Å².